The van der Waals surface area contributed by atoms with Crippen molar-refractivity contribution in [3.05, 3.63) is 76.2 Å². The van der Waals surface area contributed by atoms with E-state index in [9.17, 15) is 9.59 Å². The first-order valence-corrected chi connectivity index (χ1v) is 12.8. The average Bonchev–Trinajstić information content (AvgIpc) is 3.32. The van der Waals surface area contributed by atoms with E-state index in [1.165, 1.54) is 18.9 Å². The summed E-state index contributed by atoms with van der Waals surface area (Å²) >= 11 is 1.40. The van der Waals surface area contributed by atoms with Crippen molar-refractivity contribution in [2.24, 2.45) is 4.99 Å². The largest absolute Gasteiger partial charge is 0.493 e. The predicted molar refractivity (Wildman–Crippen MR) is 143 cm³/mol. The Bertz CT molecular complexity index is 1280. The highest BCUT2D eigenvalue weighted by Crippen LogP contribution is 2.48. The zero-order chi connectivity index (χ0) is 27.1. The molecule has 1 atom stereocenters. The number of carbonyl (C=O) groups excluding carboxylic acids is 2. The number of nitrogens with one attached hydrogen (secondary N) is 1. The molecule has 0 saturated heterocycles. The zero-order valence-electron chi connectivity index (χ0n) is 21.7. The number of aromatic nitrogens is 1. The molecule has 11 heteroatoms. The van der Waals surface area contributed by atoms with Crippen LogP contribution in [0.15, 0.2) is 70.1 Å². The van der Waals surface area contributed by atoms with Crippen molar-refractivity contribution in [3.8, 4) is 11.5 Å². The number of para-hydroxylation sites is 1. The number of aliphatic imine (C=N–C) groups is 1. The standard InChI is InChI=1S/C27H30N4O6S/c1-17-23(26(33)37-12-11-34-2)24(20-8-5-9-21(35-3)25(20)36-4)31-19(16-38-27(31)30-17)13-22(32)29-15-18-7-6-10-28-14-18/h5-10,14,16,24H,11-13,15H2,1-4H3,(H,29,32). The summed E-state index contributed by atoms with van der Waals surface area (Å²) in [6.07, 6.45) is 3.48. The number of pyridine rings is 1. The second-order valence-electron chi connectivity index (χ2n) is 8.42. The number of nitrogens with zero attached hydrogens (tertiary/aromatic N) is 3. The molecule has 2 aromatic rings. The fraction of sp³-hybridized carbons (Fsp3) is 0.333. The molecule has 0 bridgehead atoms. The van der Waals surface area contributed by atoms with E-state index in [-0.39, 0.29) is 25.5 Å². The molecule has 1 aromatic heterocycles. The normalized spacial score (nSPS) is 16.4. The molecule has 2 aliphatic heterocycles. The van der Waals surface area contributed by atoms with Crippen LogP contribution in [0.4, 0.5) is 0 Å². The molecule has 200 valence electrons. The van der Waals surface area contributed by atoms with Crippen LogP contribution in [-0.4, -0.2) is 61.5 Å². The maximum absolute atomic E-state index is 13.4. The third-order valence-corrected chi connectivity index (χ3v) is 6.91. The lowest BCUT2D eigenvalue weighted by atomic mass is 9.92. The van der Waals surface area contributed by atoms with Gasteiger partial charge in [0, 0.05) is 37.3 Å². The summed E-state index contributed by atoms with van der Waals surface area (Å²) in [6, 6.07) is 8.55. The van der Waals surface area contributed by atoms with E-state index in [0.29, 0.717) is 45.7 Å². The van der Waals surface area contributed by atoms with Gasteiger partial charge in [0.15, 0.2) is 16.7 Å². The van der Waals surface area contributed by atoms with Gasteiger partial charge in [-0.25, -0.2) is 9.79 Å². The SMILES string of the molecule is COCCOC(=O)C1=C(C)N=C2SC=C(CC(=O)NCc3cccnc3)N2C1c1cccc(OC)c1OC. The smallest absolute Gasteiger partial charge is 0.338 e. The van der Waals surface area contributed by atoms with Crippen LogP contribution in [0.5, 0.6) is 11.5 Å². The zero-order valence-corrected chi connectivity index (χ0v) is 22.5. The number of amides is 1. The van der Waals surface area contributed by atoms with Crippen molar-refractivity contribution < 1.29 is 28.5 Å². The van der Waals surface area contributed by atoms with Gasteiger partial charge in [-0.3, -0.25) is 9.78 Å². The lowest BCUT2D eigenvalue weighted by Gasteiger charge is -2.37. The van der Waals surface area contributed by atoms with Gasteiger partial charge in [-0.15, -0.1) is 0 Å². The molecule has 0 fully saturated rings. The highest BCUT2D eigenvalue weighted by Gasteiger charge is 2.42. The number of carbonyl (C=O) groups is 2. The first-order chi connectivity index (χ1) is 18.5. The second kappa shape index (κ2) is 12.6. The number of amidine groups is 1. The minimum atomic E-state index is -0.657. The van der Waals surface area contributed by atoms with Crippen molar-refractivity contribution >= 4 is 28.8 Å². The first-order valence-electron chi connectivity index (χ1n) is 11.9. The summed E-state index contributed by atoms with van der Waals surface area (Å²) in [4.78, 5) is 37.0. The Morgan fingerprint density at radius 1 is 1.11 bits per heavy atom. The maximum atomic E-state index is 13.4. The summed E-state index contributed by atoms with van der Waals surface area (Å²) in [6.45, 7) is 2.49. The Labute approximate surface area is 225 Å². The summed E-state index contributed by atoms with van der Waals surface area (Å²) in [7, 11) is 4.64. The van der Waals surface area contributed by atoms with Gasteiger partial charge in [0.2, 0.25) is 5.91 Å². The lowest BCUT2D eigenvalue weighted by molar-refractivity contribution is -0.141. The number of allylic oxidation sites excluding steroid dienone is 1. The highest BCUT2D eigenvalue weighted by atomic mass is 32.2. The number of hydrogen-bond donors (Lipinski definition) is 1. The molecular formula is C27H30N4O6S. The molecule has 0 radical (unpaired) electrons. The number of methoxy groups -OCH3 is 3. The van der Waals surface area contributed by atoms with Crippen LogP contribution in [0, 0.1) is 0 Å². The minimum Gasteiger partial charge on any atom is -0.493 e. The van der Waals surface area contributed by atoms with Crippen molar-refractivity contribution in [2.45, 2.75) is 25.9 Å². The molecule has 0 spiro atoms. The van der Waals surface area contributed by atoms with Crippen molar-refractivity contribution in [3.63, 3.8) is 0 Å². The molecule has 2 aliphatic rings. The molecule has 1 aromatic carbocycles. The second-order valence-corrected chi connectivity index (χ2v) is 9.26. The van der Waals surface area contributed by atoms with Crippen LogP contribution in [-0.2, 0) is 25.6 Å². The van der Waals surface area contributed by atoms with Crippen LogP contribution in [0.1, 0.15) is 30.5 Å². The van der Waals surface area contributed by atoms with Crippen LogP contribution < -0.4 is 14.8 Å². The topological polar surface area (TPSA) is 112 Å². The first kappa shape index (κ1) is 27.2. The van der Waals surface area contributed by atoms with Gasteiger partial charge in [-0.1, -0.05) is 30.0 Å². The van der Waals surface area contributed by atoms with Crippen molar-refractivity contribution in [1.29, 1.82) is 0 Å². The van der Waals surface area contributed by atoms with Crippen LogP contribution in [0.2, 0.25) is 0 Å². The molecule has 4 rings (SSSR count). The Hall–Kier alpha value is -3.83. The van der Waals surface area contributed by atoms with Gasteiger partial charge >= 0.3 is 5.97 Å². The van der Waals surface area contributed by atoms with Gasteiger partial charge in [-0.2, -0.15) is 0 Å². The predicted octanol–water partition coefficient (Wildman–Crippen LogP) is 3.57. The maximum Gasteiger partial charge on any atom is 0.338 e. The number of benzene rings is 1. The van der Waals surface area contributed by atoms with Gasteiger partial charge in [0.1, 0.15) is 6.61 Å². The van der Waals surface area contributed by atoms with Crippen LogP contribution >= 0.6 is 11.8 Å². The number of hydrogen-bond acceptors (Lipinski definition) is 10. The number of esters is 1. The number of thioether (sulfide) groups is 1. The fourth-order valence-corrected chi connectivity index (χ4v) is 5.24. The molecule has 0 aliphatic carbocycles. The lowest BCUT2D eigenvalue weighted by Crippen LogP contribution is -2.38. The Morgan fingerprint density at radius 2 is 1.95 bits per heavy atom. The van der Waals surface area contributed by atoms with E-state index in [2.05, 4.69) is 15.3 Å². The highest BCUT2D eigenvalue weighted by molar-refractivity contribution is 8.16. The van der Waals surface area contributed by atoms with E-state index in [1.54, 1.807) is 39.6 Å². The van der Waals surface area contributed by atoms with Gasteiger partial charge < -0.3 is 29.2 Å². The minimum absolute atomic E-state index is 0.0834. The van der Waals surface area contributed by atoms with Gasteiger partial charge in [-0.05, 0) is 30.0 Å². The van der Waals surface area contributed by atoms with Crippen molar-refractivity contribution in [1.82, 2.24) is 15.2 Å². The summed E-state index contributed by atoms with van der Waals surface area (Å²) < 4.78 is 21.8. The molecule has 1 unspecified atom stereocenters. The van der Waals surface area contributed by atoms with E-state index < -0.39 is 12.0 Å². The summed E-state index contributed by atoms with van der Waals surface area (Å²) in [5.74, 6) is 0.308. The monoisotopic (exact) mass is 538 g/mol. The van der Waals surface area contributed by atoms with Gasteiger partial charge in [0.25, 0.3) is 0 Å². The molecule has 38 heavy (non-hydrogen) atoms. The molecule has 1 amide bonds. The number of rotatable bonds is 11. The quantitative estimate of drug-likeness (QED) is 0.339. The summed E-state index contributed by atoms with van der Waals surface area (Å²) in [5.41, 5.74) is 3.15. The summed E-state index contributed by atoms with van der Waals surface area (Å²) in [5, 5.41) is 5.47. The third kappa shape index (κ3) is 5.84. The van der Waals surface area contributed by atoms with E-state index in [4.69, 9.17) is 18.9 Å². The molecule has 1 N–H and O–H groups in total. The molecule has 0 saturated carbocycles. The molecular weight excluding hydrogens is 508 g/mol. The average molecular weight is 539 g/mol. The van der Waals surface area contributed by atoms with Crippen molar-refractivity contribution in [2.75, 3.05) is 34.5 Å². The Morgan fingerprint density at radius 3 is 2.66 bits per heavy atom. The number of fused-ring (bicyclic) bond motifs is 1. The van der Waals surface area contributed by atoms with E-state index in [0.717, 1.165) is 5.56 Å². The fourth-order valence-electron chi connectivity index (χ4n) is 4.28. The molecule has 3 heterocycles. The molecule has 10 nitrogen and oxygen atoms in total. The van der Waals surface area contributed by atoms with E-state index >= 15 is 0 Å². The third-order valence-electron chi connectivity index (χ3n) is 6.02. The van der Waals surface area contributed by atoms with Gasteiger partial charge in [0.05, 0.1) is 44.6 Å². The Balaban J connectivity index is 1.68. The van der Waals surface area contributed by atoms with Crippen LogP contribution in [0.3, 0.4) is 0 Å². The Kier molecular flexibility index (Phi) is 9.03. The van der Waals surface area contributed by atoms with E-state index in [1.807, 2.05) is 34.6 Å². The van der Waals surface area contributed by atoms with Crippen LogP contribution in [0.25, 0.3) is 0 Å². The number of ether oxygens (including phenoxy) is 4.